The number of rotatable bonds is 5. The van der Waals surface area contributed by atoms with E-state index >= 15 is 0 Å². The highest BCUT2D eigenvalue weighted by molar-refractivity contribution is 7.87. The van der Waals surface area contributed by atoms with Crippen molar-refractivity contribution in [2.75, 3.05) is 6.61 Å². The van der Waals surface area contributed by atoms with E-state index in [2.05, 4.69) is 4.18 Å². The van der Waals surface area contributed by atoms with Gasteiger partial charge in [-0.25, -0.2) is 0 Å². The minimum Gasteiger partial charge on any atom is -0.366 e. The molecule has 0 aliphatic carbocycles. The van der Waals surface area contributed by atoms with Crippen LogP contribution in [0.25, 0.3) is 0 Å². The van der Waals surface area contributed by atoms with Gasteiger partial charge in [-0.3, -0.25) is 4.18 Å². The number of hydrogen-bond acceptors (Lipinski definition) is 8. The van der Waals surface area contributed by atoms with Crippen LogP contribution in [0.5, 0.6) is 0 Å². The van der Waals surface area contributed by atoms with Gasteiger partial charge in [0.2, 0.25) is 0 Å². The zero-order valence-electron chi connectivity index (χ0n) is 14.1. The standard InChI is InChI=1S/C13H21F3O8S/c1-11(2,17)23-9-5-7(24-25(18,19)13(14,15)16)10(21-9)8-6-20-12(3,4)22-8/h7-10,17H,5-6H2,1-4H3/t7-,8-,9-,10+/m1/s1. The van der Waals surface area contributed by atoms with Crippen molar-refractivity contribution < 1.29 is 49.8 Å². The molecule has 2 rings (SSSR count). The van der Waals surface area contributed by atoms with Crippen molar-refractivity contribution in [1.29, 1.82) is 0 Å². The lowest BCUT2D eigenvalue weighted by Gasteiger charge is -2.25. The van der Waals surface area contributed by atoms with Gasteiger partial charge in [0.05, 0.1) is 6.61 Å². The van der Waals surface area contributed by atoms with Gasteiger partial charge in [0.25, 0.3) is 0 Å². The number of aliphatic hydroxyl groups is 1. The van der Waals surface area contributed by atoms with Crippen LogP contribution >= 0.6 is 0 Å². The van der Waals surface area contributed by atoms with Crippen molar-refractivity contribution in [3.05, 3.63) is 0 Å². The monoisotopic (exact) mass is 394 g/mol. The number of ether oxygens (including phenoxy) is 4. The number of halogens is 3. The molecule has 25 heavy (non-hydrogen) atoms. The first-order valence-electron chi connectivity index (χ1n) is 7.47. The van der Waals surface area contributed by atoms with E-state index in [4.69, 9.17) is 18.9 Å². The number of hydrogen-bond donors (Lipinski definition) is 1. The topological polar surface area (TPSA) is 101 Å². The summed E-state index contributed by atoms with van der Waals surface area (Å²) in [4.78, 5) is 0. The maximum Gasteiger partial charge on any atom is 0.523 e. The maximum atomic E-state index is 12.6. The van der Waals surface area contributed by atoms with Crippen LogP contribution < -0.4 is 0 Å². The Morgan fingerprint density at radius 3 is 2.28 bits per heavy atom. The van der Waals surface area contributed by atoms with E-state index in [0.717, 1.165) is 0 Å². The molecule has 2 aliphatic heterocycles. The summed E-state index contributed by atoms with van der Waals surface area (Å²) in [6.07, 6.45) is -5.08. The van der Waals surface area contributed by atoms with Gasteiger partial charge in [0.1, 0.15) is 18.3 Å². The van der Waals surface area contributed by atoms with E-state index in [1.54, 1.807) is 13.8 Å². The van der Waals surface area contributed by atoms with Crippen LogP contribution in [0.1, 0.15) is 34.1 Å². The summed E-state index contributed by atoms with van der Waals surface area (Å²) < 4.78 is 86.2. The van der Waals surface area contributed by atoms with Crippen LogP contribution in [0.2, 0.25) is 0 Å². The SMILES string of the molecule is CC(C)(O)O[C@@H]1C[C@@H](OS(=O)(=O)C(F)(F)F)[C@@H]([C@H]2COC(C)(C)O2)O1. The third-order valence-corrected chi connectivity index (χ3v) is 4.52. The van der Waals surface area contributed by atoms with Gasteiger partial charge in [-0.1, -0.05) is 0 Å². The average molecular weight is 394 g/mol. The Kier molecular flexibility index (Phi) is 5.48. The minimum atomic E-state index is -5.83. The molecule has 0 aromatic rings. The van der Waals surface area contributed by atoms with Crippen molar-refractivity contribution in [2.24, 2.45) is 0 Å². The zero-order chi connectivity index (χ0) is 19.3. The fourth-order valence-electron chi connectivity index (χ4n) is 2.56. The zero-order valence-corrected chi connectivity index (χ0v) is 14.9. The molecule has 0 amide bonds. The molecule has 0 aromatic heterocycles. The van der Waals surface area contributed by atoms with E-state index < -0.39 is 51.8 Å². The van der Waals surface area contributed by atoms with Gasteiger partial charge in [-0.15, -0.1) is 0 Å². The molecular formula is C13H21F3O8S. The second-order valence-corrected chi connectivity index (χ2v) is 8.30. The summed E-state index contributed by atoms with van der Waals surface area (Å²) in [5, 5.41) is 9.66. The predicted octanol–water partition coefficient (Wildman–Crippen LogP) is 1.23. The molecule has 0 aromatic carbocycles. The molecule has 12 heteroatoms. The molecule has 148 valence electrons. The highest BCUT2D eigenvalue weighted by atomic mass is 32.2. The molecule has 2 heterocycles. The summed E-state index contributed by atoms with van der Waals surface area (Å²) in [7, 11) is -5.83. The second kappa shape index (κ2) is 6.59. The van der Waals surface area contributed by atoms with Crippen LogP contribution in [0.4, 0.5) is 13.2 Å². The van der Waals surface area contributed by atoms with Gasteiger partial charge in [-0.05, 0) is 27.7 Å². The Balaban J connectivity index is 2.18. The molecule has 0 bridgehead atoms. The molecule has 8 nitrogen and oxygen atoms in total. The normalized spacial score (nSPS) is 33.8. The lowest BCUT2D eigenvalue weighted by molar-refractivity contribution is -0.275. The van der Waals surface area contributed by atoms with Crippen LogP contribution in [-0.4, -0.2) is 61.8 Å². The molecule has 0 saturated carbocycles. The van der Waals surface area contributed by atoms with Gasteiger partial charge in [-0.2, -0.15) is 21.6 Å². The Hall–Kier alpha value is -0.500. The van der Waals surface area contributed by atoms with E-state index in [0.29, 0.717) is 0 Å². The average Bonchev–Trinajstić information content (AvgIpc) is 2.88. The Labute approximate surface area is 143 Å². The molecule has 1 N–H and O–H groups in total. The smallest absolute Gasteiger partial charge is 0.366 e. The third kappa shape index (κ3) is 5.25. The van der Waals surface area contributed by atoms with Crippen molar-refractivity contribution >= 4 is 10.1 Å². The molecule has 0 spiro atoms. The van der Waals surface area contributed by atoms with Crippen LogP contribution in [0.3, 0.4) is 0 Å². The lowest BCUT2D eigenvalue weighted by Crippen LogP contribution is -2.41. The fraction of sp³-hybridized carbons (Fsp3) is 1.00. The maximum absolute atomic E-state index is 12.6. The predicted molar refractivity (Wildman–Crippen MR) is 75.4 cm³/mol. The van der Waals surface area contributed by atoms with Crippen LogP contribution in [0, 0.1) is 0 Å². The lowest BCUT2D eigenvalue weighted by atomic mass is 10.1. The highest BCUT2D eigenvalue weighted by Crippen LogP contribution is 2.37. The first-order chi connectivity index (χ1) is 11.1. The van der Waals surface area contributed by atoms with E-state index in [-0.39, 0.29) is 13.0 Å². The summed E-state index contributed by atoms with van der Waals surface area (Å²) in [6.45, 7) is 5.75. The third-order valence-electron chi connectivity index (χ3n) is 3.45. The van der Waals surface area contributed by atoms with Crippen molar-refractivity contribution in [2.45, 2.75) is 75.8 Å². The Bertz CT molecular complexity index is 583. The summed E-state index contributed by atoms with van der Waals surface area (Å²) in [5.41, 5.74) is -5.57. The summed E-state index contributed by atoms with van der Waals surface area (Å²) in [5.74, 6) is -2.64. The van der Waals surface area contributed by atoms with Gasteiger partial charge < -0.3 is 24.1 Å². The van der Waals surface area contributed by atoms with Gasteiger partial charge in [0, 0.05) is 6.42 Å². The minimum absolute atomic E-state index is 0.0289. The molecule has 0 radical (unpaired) electrons. The summed E-state index contributed by atoms with van der Waals surface area (Å²) in [6, 6.07) is 0. The van der Waals surface area contributed by atoms with Crippen molar-refractivity contribution in [1.82, 2.24) is 0 Å². The quantitative estimate of drug-likeness (QED) is 0.422. The molecule has 2 aliphatic rings. The largest absolute Gasteiger partial charge is 0.523 e. The first kappa shape index (κ1) is 20.8. The Morgan fingerprint density at radius 2 is 1.84 bits per heavy atom. The number of alkyl halides is 3. The van der Waals surface area contributed by atoms with Crippen molar-refractivity contribution in [3.63, 3.8) is 0 Å². The summed E-state index contributed by atoms with van der Waals surface area (Å²) >= 11 is 0. The fourth-order valence-corrected chi connectivity index (χ4v) is 3.18. The van der Waals surface area contributed by atoms with Gasteiger partial charge in [0.15, 0.2) is 17.9 Å². The Morgan fingerprint density at radius 1 is 1.24 bits per heavy atom. The molecule has 2 fully saturated rings. The van der Waals surface area contributed by atoms with E-state index in [1.165, 1.54) is 13.8 Å². The highest BCUT2D eigenvalue weighted by Gasteiger charge is 2.54. The van der Waals surface area contributed by atoms with Crippen LogP contribution in [-0.2, 0) is 33.2 Å². The first-order valence-corrected chi connectivity index (χ1v) is 8.87. The molecule has 2 saturated heterocycles. The molecule has 4 atom stereocenters. The van der Waals surface area contributed by atoms with Crippen LogP contribution in [0.15, 0.2) is 0 Å². The van der Waals surface area contributed by atoms with E-state index in [9.17, 15) is 26.7 Å². The van der Waals surface area contributed by atoms with Gasteiger partial charge >= 0.3 is 15.6 Å². The second-order valence-electron chi connectivity index (χ2n) is 6.73. The van der Waals surface area contributed by atoms with Crippen molar-refractivity contribution in [3.8, 4) is 0 Å². The molecule has 0 unspecified atom stereocenters. The van der Waals surface area contributed by atoms with E-state index in [1.807, 2.05) is 0 Å². The molecular weight excluding hydrogens is 373 g/mol.